The molecule has 3 N–H and O–H groups in total. The second-order valence-corrected chi connectivity index (χ2v) is 6.39. The number of hydrogen-bond donors (Lipinski definition) is 2. The number of amides is 1. The van der Waals surface area contributed by atoms with Crippen LogP contribution in [0.4, 0.5) is 11.4 Å². The molecule has 5 heteroatoms. The van der Waals surface area contributed by atoms with E-state index < -0.39 is 0 Å². The smallest absolute Gasteiger partial charge is 0.251 e. The molecule has 1 atom stereocenters. The fourth-order valence-corrected chi connectivity index (χ4v) is 3.48. The summed E-state index contributed by atoms with van der Waals surface area (Å²) in [6, 6.07) is 5.81. The summed E-state index contributed by atoms with van der Waals surface area (Å²) < 4.78 is 0. The second kappa shape index (κ2) is 5.56. The molecule has 0 radical (unpaired) electrons. The van der Waals surface area contributed by atoms with Crippen LogP contribution in [-0.2, 0) is 0 Å². The Labute approximate surface area is 126 Å². The monoisotopic (exact) mass is 288 g/mol. The quantitative estimate of drug-likeness (QED) is 0.819. The molecule has 0 aromatic heterocycles. The van der Waals surface area contributed by atoms with Crippen LogP contribution in [0, 0.1) is 5.92 Å². The highest BCUT2D eigenvalue weighted by molar-refractivity contribution is 5.96. The van der Waals surface area contributed by atoms with E-state index in [1.54, 1.807) is 6.07 Å². The van der Waals surface area contributed by atoms with E-state index in [-0.39, 0.29) is 11.9 Å². The molecular formula is C16H24N4O. The first-order chi connectivity index (χ1) is 10.0. The van der Waals surface area contributed by atoms with Gasteiger partial charge in [0, 0.05) is 32.2 Å². The highest BCUT2D eigenvalue weighted by Crippen LogP contribution is 2.28. The van der Waals surface area contributed by atoms with E-state index in [4.69, 9.17) is 5.73 Å². The molecule has 0 spiro atoms. The van der Waals surface area contributed by atoms with E-state index in [2.05, 4.69) is 10.2 Å². The Hall–Kier alpha value is -1.75. The molecule has 3 aliphatic rings. The van der Waals surface area contributed by atoms with Crippen LogP contribution in [0.2, 0.25) is 0 Å². The molecule has 1 aromatic carbocycles. The van der Waals surface area contributed by atoms with E-state index in [1.807, 2.05) is 31.1 Å². The highest BCUT2D eigenvalue weighted by Gasteiger charge is 2.34. The van der Waals surface area contributed by atoms with Crippen molar-refractivity contribution in [3.63, 3.8) is 0 Å². The van der Waals surface area contributed by atoms with Gasteiger partial charge in [0.2, 0.25) is 0 Å². The van der Waals surface area contributed by atoms with Crippen LogP contribution in [0.1, 0.15) is 23.2 Å². The van der Waals surface area contributed by atoms with Crippen molar-refractivity contribution >= 4 is 17.3 Å². The lowest BCUT2D eigenvalue weighted by molar-refractivity contribution is 0.0620. The Bertz CT molecular complexity index is 535. The number of nitrogen functional groups attached to an aromatic ring is 1. The van der Waals surface area contributed by atoms with Gasteiger partial charge in [0.05, 0.1) is 11.4 Å². The molecule has 3 aliphatic heterocycles. The maximum atomic E-state index is 12.4. The Morgan fingerprint density at radius 1 is 1.33 bits per heavy atom. The summed E-state index contributed by atoms with van der Waals surface area (Å²) in [6.45, 7) is 3.35. The fourth-order valence-electron chi connectivity index (χ4n) is 3.48. The lowest BCUT2D eigenvalue weighted by Crippen LogP contribution is -2.57. The van der Waals surface area contributed by atoms with Crippen molar-refractivity contribution in [1.29, 1.82) is 0 Å². The van der Waals surface area contributed by atoms with E-state index in [0.717, 1.165) is 12.2 Å². The molecule has 3 fully saturated rings. The third-order valence-corrected chi connectivity index (χ3v) is 4.74. The van der Waals surface area contributed by atoms with Gasteiger partial charge in [-0.05, 0) is 50.0 Å². The first-order valence-corrected chi connectivity index (χ1v) is 7.64. The topological polar surface area (TPSA) is 61.6 Å². The predicted molar refractivity (Wildman–Crippen MR) is 85.6 cm³/mol. The van der Waals surface area contributed by atoms with Gasteiger partial charge in [-0.15, -0.1) is 0 Å². The number of carbonyl (C=O) groups is 1. The number of nitrogens with one attached hydrogen (secondary N) is 1. The van der Waals surface area contributed by atoms with Crippen molar-refractivity contribution in [2.45, 2.75) is 18.9 Å². The van der Waals surface area contributed by atoms with Gasteiger partial charge in [0.25, 0.3) is 5.91 Å². The first kappa shape index (κ1) is 14.2. The molecule has 1 unspecified atom stereocenters. The lowest BCUT2D eigenvalue weighted by atomic mass is 9.84. The fraction of sp³-hybridized carbons (Fsp3) is 0.562. The molecule has 114 valence electrons. The molecule has 5 nitrogen and oxygen atoms in total. The lowest BCUT2D eigenvalue weighted by Gasteiger charge is -2.44. The number of nitrogens with two attached hydrogens (primary N) is 1. The minimum absolute atomic E-state index is 0.00856. The maximum absolute atomic E-state index is 12.4. The summed E-state index contributed by atoms with van der Waals surface area (Å²) in [6.07, 6.45) is 2.40. The zero-order chi connectivity index (χ0) is 15.0. The van der Waals surface area contributed by atoms with Crippen molar-refractivity contribution in [2.24, 2.45) is 5.92 Å². The molecule has 4 rings (SSSR count). The van der Waals surface area contributed by atoms with Crippen LogP contribution < -0.4 is 16.0 Å². The number of benzene rings is 1. The zero-order valence-corrected chi connectivity index (χ0v) is 12.8. The normalized spacial score (nSPS) is 27.4. The van der Waals surface area contributed by atoms with Crippen molar-refractivity contribution in [3.8, 4) is 0 Å². The van der Waals surface area contributed by atoms with Crippen LogP contribution in [-0.4, -0.2) is 50.6 Å². The number of fused-ring (bicyclic) bond motifs is 3. The molecule has 1 aromatic rings. The Kier molecular flexibility index (Phi) is 3.76. The average Bonchev–Trinajstić information content (AvgIpc) is 2.48. The molecular weight excluding hydrogens is 264 g/mol. The predicted octanol–water partition coefficient (Wildman–Crippen LogP) is 1.16. The minimum Gasteiger partial charge on any atom is -0.397 e. The standard InChI is InChI=1S/C16H24N4O/c1-19(2)15-4-3-12(9-13(15)17)16(21)18-14-10-20-7-5-11(14)6-8-20/h3-4,9,11,14H,5-8,10,17H2,1-2H3,(H,18,21). The molecule has 0 aliphatic carbocycles. The molecule has 2 bridgehead atoms. The maximum Gasteiger partial charge on any atom is 0.251 e. The zero-order valence-electron chi connectivity index (χ0n) is 12.8. The third-order valence-electron chi connectivity index (χ3n) is 4.74. The molecule has 1 amide bonds. The van der Waals surface area contributed by atoms with E-state index in [9.17, 15) is 4.79 Å². The van der Waals surface area contributed by atoms with Gasteiger partial charge in [-0.3, -0.25) is 4.79 Å². The summed E-state index contributed by atoms with van der Waals surface area (Å²) in [5.41, 5.74) is 8.25. The summed E-state index contributed by atoms with van der Waals surface area (Å²) in [5, 5.41) is 3.19. The summed E-state index contributed by atoms with van der Waals surface area (Å²) >= 11 is 0. The highest BCUT2D eigenvalue weighted by atomic mass is 16.1. The minimum atomic E-state index is -0.00856. The molecule has 21 heavy (non-hydrogen) atoms. The van der Waals surface area contributed by atoms with Crippen molar-refractivity contribution in [1.82, 2.24) is 10.2 Å². The Balaban J connectivity index is 1.69. The first-order valence-electron chi connectivity index (χ1n) is 7.64. The Morgan fingerprint density at radius 2 is 2.05 bits per heavy atom. The van der Waals surface area contributed by atoms with Gasteiger partial charge in [-0.25, -0.2) is 0 Å². The van der Waals surface area contributed by atoms with Crippen LogP contribution in [0.5, 0.6) is 0 Å². The second-order valence-electron chi connectivity index (χ2n) is 6.39. The average molecular weight is 288 g/mol. The van der Waals surface area contributed by atoms with Gasteiger partial charge >= 0.3 is 0 Å². The van der Waals surface area contributed by atoms with E-state index in [0.29, 0.717) is 17.2 Å². The Morgan fingerprint density at radius 3 is 2.57 bits per heavy atom. The van der Waals surface area contributed by atoms with Gasteiger partial charge < -0.3 is 20.9 Å². The van der Waals surface area contributed by atoms with Crippen LogP contribution in [0.3, 0.4) is 0 Å². The van der Waals surface area contributed by atoms with Crippen molar-refractivity contribution in [3.05, 3.63) is 23.8 Å². The summed E-state index contributed by atoms with van der Waals surface area (Å²) in [4.78, 5) is 16.8. The SMILES string of the molecule is CN(C)c1ccc(C(=O)NC2CN3CCC2CC3)cc1N. The molecule has 3 heterocycles. The third kappa shape index (κ3) is 2.83. The molecule has 0 saturated carbocycles. The van der Waals surface area contributed by atoms with Crippen molar-refractivity contribution in [2.75, 3.05) is 44.4 Å². The van der Waals surface area contributed by atoms with Crippen molar-refractivity contribution < 1.29 is 4.79 Å². The molecule has 3 saturated heterocycles. The van der Waals surface area contributed by atoms with Crippen LogP contribution in [0.15, 0.2) is 18.2 Å². The number of carbonyl (C=O) groups excluding carboxylic acids is 1. The van der Waals surface area contributed by atoms with E-state index >= 15 is 0 Å². The number of nitrogens with zero attached hydrogens (tertiary/aromatic N) is 2. The summed E-state index contributed by atoms with van der Waals surface area (Å²) in [7, 11) is 3.89. The van der Waals surface area contributed by atoms with Gasteiger partial charge in [-0.1, -0.05) is 0 Å². The van der Waals surface area contributed by atoms with Crippen LogP contribution >= 0.6 is 0 Å². The largest absolute Gasteiger partial charge is 0.397 e. The number of anilines is 2. The summed E-state index contributed by atoms with van der Waals surface area (Å²) in [5.74, 6) is 0.628. The number of piperidine rings is 3. The number of rotatable bonds is 3. The van der Waals surface area contributed by atoms with Gasteiger partial charge in [0.15, 0.2) is 0 Å². The van der Waals surface area contributed by atoms with Gasteiger partial charge in [0.1, 0.15) is 0 Å². The van der Waals surface area contributed by atoms with Gasteiger partial charge in [-0.2, -0.15) is 0 Å². The number of hydrogen-bond acceptors (Lipinski definition) is 4. The van der Waals surface area contributed by atoms with Crippen LogP contribution in [0.25, 0.3) is 0 Å². The van der Waals surface area contributed by atoms with E-state index in [1.165, 1.54) is 25.9 Å².